The van der Waals surface area contributed by atoms with E-state index >= 15 is 9.59 Å². The van der Waals surface area contributed by atoms with E-state index in [4.69, 9.17) is 18.9 Å². The summed E-state index contributed by atoms with van der Waals surface area (Å²) in [7, 11) is 0. The quantitative estimate of drug-likeness (QED) is 0.0321. The maximum Gasteiger partial charge on any atom is 0.350 e. The van der Waals surface area contributed by atoms with Crippen molar-refractivity contribution in [1.29, 1.82) is 21.0 Å². The van der Waals surface area contributed by atoms with E-state index in [0.717, 1.165) is 0 Å². The van der Waals surface area contributed by atoms with Gasteiger partial charge in [-0.25, -0.2) is 19.2 Å². The molecule has 0 aliphatic heterocycles. The third-order valence-electron chi connectivity index (χ3n) is 12.8. The molecule has 0 aromatic heterocycles. The van der Waals surface area contributed by atoms with E-state index in [1.807, 2.05) is 24.3 Å². The Morgan fingerprint density at radius 2 is 0.531 bits per heavy atom. The highest BCUT2D eigenvalue weighted by atomic mass is 16.6. The molecule has 12 heteroatoms. The lowest BCUT2D eigenvalue weighted by Crippen LogP contribution is -2.47. The Morgan fingerprint density at radius 1 is 0.321 bits per heavy atom. The lowest BCUT2D eigenvalue weighted by atomic mass is 9.93. The highest BCUT2D eigenvalue weighted by Gasteiger charge is 2.40. The molecule has 0 aliphatic rings. The fourth-order valence-electron chi connectivity index (χ4n) is 9.05. The second-order valence-electron chi connectivity index (χ2n) is 17.9. The molecule has 81 heavy (non-hydrogen) atoms. The predicted octanol–water partition coefficient (Wildman–Crippen LogP) is 12.4. The second-order valence-corrected chi connectivity index (χ2v) is 17.9. The summed E-state index contributed by atoms with van der Waals surface area (Å²) in [6, 6.07) is 76.9. The number of nitriles is 4. The van der Waals surface area contributed by atoms with Gasteiger partial charge in [0, 0.05) is 22.3 Å². The van der Waals surface area contributed by atoms with Crippen molar-refractivity contribution >= 4 is 46.2 Å². The van der Waals surface area contributed by atoms with E-state index in [-0.39, 0.29) is 22.3 Å². The van der Waals surface area contributed by atoms with Gasteiger partial charge in [0.1, 0.15) is 59.3 Å². The molecule has 8 aromatic carbocycles. The van der Waals surface area contributed by atoms with Gasteiger partial charge in [-0.05, 0) is 51.4 Å². The highest BCUT2D eigenvalue weighted by Crippen LogP contribution is 2.33. The highest BCUT2D eigenvalue weighted by molar-refractivity contribution is 6.08. The molecule has 3 unspecified atom stereocenters. The Kier molecular flexibility index (Phi) is 19.0. The van der Waals surface area contributed by atoms with Crippen molar-refractivity contribution in [3.8, 4) is 24.3 Å². The second kappa shape index (κ2) is 27.6. The minimum absolute atomic E-state index is 0.153. The van der Waals surface area contributed by atoms with Crippen molar-refractivity contribution in [3.05, 3.63) is 309 Å². The topological polar surface area (TPSA) is 200 Å². The number of benzene rings is 8. The molecule has 0 saturated heterocycles. The zero-order valence-corrected chi connectivity index (χ0v) is 43.6. The average Bonchev–Trinajstić information content (AvgIpc) is 3.54. The van der Waals surface area contributed by atoms with Crippen LogP contribution < -0.4 is 0 Å². The standard InChI is InChI=1S/C69H48N4O8/c1-47(79-67(75)57(43-71)62(50-30-14-4-15-31-50)51-32-16-5-17-33-51)65(81-69(77)59(45-73)64(54-38-22-8-23-39-54)55-40-24-9-25-41-55)60(80-68(76)58(44-72)63(52-34-18-6-19-35-52)53-36-20-7-21-37-53)46-78-66(74)56(42-70)61(48-26-10-2-11-27-48)49-28-12-3-13-29-49/h2-41,47,60,65H,46H2,1H3. The van der Waals surface area contributed by atoms with Crippen molar-refractivity contribution in [2.75, 3.05) is 6.61 Å². The summed E-state index contributed by atoms with van der Waals surface area (Å²) in [6.07, 6.45) is -5.74. The molecule has 0 bridgehead atoms. The van der Waals surface area contributed by atoms with Crippen LogP contribution in [0.1, 0.15) is 51.4 Å². The monoisotopic (exact) mass is 1060 g/mol. The molecular formula is C69H48N4O8. The van der Waals surface area contributed by atoms with E-state index in [0.29, 0.717) is 44.5 Å². The Morgan fingerprint density at radius 3 is 0.765 bits per heavy atom. The smallest absolute Gasteiger partial charge is 0.350 e. The van der Waals surface area contributed by atoms with Crippen molar-refractivity contribution < 1.29 is 38.1 Å². The summed E-state index contributed by atoms with van der Waals surface area (Å²) < 4.78 is 24.7. The minimum atomic E-state index is -2.01. The zero-order chi connectivity index (χ0) is 56.9. The van der Waals surface area contributed by atoms with Gasteiger partial charge in [-0.2, -0.15) is 21.0 Å². The first-order chi connectivity index (χ1) is 39.6. The van der Waals surface area contributed by atoms with Crippen LogP contribution in [0.3, 0.4) is 0 Å². The van der Waals surface area contributed by atoms with Crippen molar-refractivity contribution in [3.63, 3.8) is 0 Å². The zero-order valence-electron chi connectivity index (χ0n) is 43.6. The van der Waals surface area contributed by atoms with Crippen molar-refractivity contribution in [1.82, 2.24) is 0 Å². The van der Waals surface area contributed by atoms with Crippen LogP contribution in [-0.4, -0.2) is 48.8 Å². The van der Waals surface area contributed by atoms with Crippen LogP contribution in [0.15, 0.2) is 265 Å². The van der Waals surface area contributed by atoms with Crippen LogP contribution in [0.2, 0.25) is 0 Å². The fourth-order valence-corrected chi connectivity index (χ4v) is 9.05. The number of esters is 4. The first-order valence-electron chi connectivity index (χ1n) is 25.5. The molecule has 0 saturated carbocycles. The number of hydrogen-bond acceptors (Lipinski definition) is 12. The van der Waals surface area contributed by atoms with Gasteiger partial charge in [0.15, 0.2) is 12.2 Å². The average molecular weight is 1060 g/mol. The lowest BCUT2D eigenvalue weighted by molar-refractivity contribution is -0.184. The number of carbonyl (C=O) groups is 4. The van der Waals surface area contributed by atoms with Crippen LogP contribution in [0.5, 0.6) is 0 Å². The van der Waals surface area contributed by atoms with Crippen LogP contribution in [0, 0.1) is 45.3 Å². The molecular weight excluding hydrogens is 1010 g/mol. The Balaban J connectivity index is 1.32. The lowest BCUT2D eigenvalue weighted by Gasteiger charge is -2.31. The molecule has 0 aliphatic carbocycles. The predicted molar refractivity (Wildman–Crippen MR) is 304 cm³/mol. The van der Waals surface area contributed by atoms with Gasteiger partial charge in [0.25, 0.3) is 0 Å². The normalized spacial score (nSPS) is 11.3. The van der Waals surface area contributed by atoms with E-state index in [2.05, 4.69) is 0 Å². The molecule has 0 spiro atoms. The van der Waals surface area contributed by atoms with Crippen LogP contribution in [0.4, 0.5) is 0 Å². The summed E-state index contributed by atoms with van der Waals surface area (Å²) in [5, 5.41) is 43.5. The van der Waals surface area contributed by atoms with Crippen LogP contribution in [0.25, 0.3) is 22.3 Å². The van der Waals surface area contributed by atoms with Gasteiger partial charge in [-0.15, -0.1) is 0 Å². The summed E-state index contributed by atoms with van der Waals surface area (Å²) in [4.78, 5) is 59.6. The maximum absolute atomic E-state index is 15.1. The molecule has 0 heterocycles. The number of rotatable bonds is 19. The van der Waals surface area contributed by atoms with E-state index in [1.54, 1.807) is 243 Å². The Bertz CT molecular complexity index is 3680. The van der Waals surface area contributed by atoms with Gasteiger partial charge < -0.3 is 18.9 Å². The molecule has 8 aromatic rings. The van der Waals surface area contributed by atoms with Gasteiger partial charge in [-0.1, -0.05) is 243 Å². The van der Waals surface area contributed by atoms with Crippen molar-refractivity contribution in [2.45, 2.75) is 25.2 Å². The SMILES string of the molecule is CC(OC(=O)C(C#N)=C(c1ccccc1)c1ccccc1)C(OC(=O)C(C#N)=C(c1ccccc1)c1ccccc1)C(COC(=O)C(C#N)=C(c1ccccc1)c1ccccc1)OC(=O)C(C#N)=C(c1ccccc1)c1ccccc1. The summed E-state index contributed by atoms with van der Waals surface area (Å²) in [5.41, 5.74) is 2.49. The summed E-state index contributed by atoms with van der Waals surface area (Å²) >= 11 is 0. The fraction of sp³-hybridized carbons (Fsp3) is 0.0725. The number of carbonyl (C=O) groups excluding carboxylic acids is 4. The summed E-state index contributed by atoms with van der Waals surface area (Å²) in [6.45, 7) is 0.292. The Labute approximate surface area is 468 Å². The molecule has 0 amide bonds. The molecule has 0 radical (unpaired) electrons. The van der Waals surface area contributed by atoms with Gasteiger partial charge in [0.05, 0.1) is 0 Å². The maximum atomic E-state index is 15.1. The molecule has 0 fully saturated rings. The van der Waals surface area contributed by atoms with Crippen LogP contribution in [-0.2, 0) is 38.1 Å². The third kappa shape index (κ3) is 13.6. The Hall–Kier alpha value is -11.4. The van der Waals surface area contributed by atoms with Gasteiger partial charge in [0.2, 0.25) is 0 Å². The third-order valence-corrected chi connectivity index (χ3v) is 12.8. The van der Waals surface area contributed by atoms with E-state index in [9.17, 15) is 30.6 Å². The largest absolute Gasteiger partial charge is 0.457 e. The molecule has 0 N–H and O–H groups in total. The van der Waals surface area contributed by atoms with E-state index < -0.39 is 71.1 Å². The van der Waals surface area contributed by atoms with E-state index in [1.165, 1.54) is 6.92 Å². The molecule has 3 atom stereocenters. The molecule has 12 nitrogen and oxygen atoms in total. The minimum Gasteiger partial charge on any atom is -0.457 e. The van der Waals surface area contributed by atoms with Crippen molar-refractivity contribution in [2.24, 2.45) is 0 Å². The number of hydrogen-bond donors (Lipinski definition) is 0. The first-order valence-corrected chi connectivity index (χ1v) is 25.5. The molecule has 392 valence electrons. The number of ether oxygens (including phenoxy) is 4. The van der Waals surface area contributed by atoms with Gasteiger partial charge in [-0.3, -0.25) is 0 Å². The summed E-state index contributed by atoms with van der Waals surface area (Å²) in [5.74, 6) is -4.97. The van der Waals surface area contributed by atoms with Gasteiger partial charge >= 0.3 is 23.9 Å². The number of nitrogens with zero attached hydrogens (tertiary/aromatic N) is 4. The molecule has 8 rings (SSSR count). The first kappa shape index (κ1) is 55.8. The van der Waals surface area contributed by atoms with Crippen LogP contribution >= 0.6 is 0 Å².